The van der Waals surface area contributed by atoms with Crippen LogP contribution in [0, 0.1) is 5.92 Å². The van der Waals surface area contributed by atoms with Gasteiger partial charge in [0.2, 0.25) is 15.9 Å². The largest absolute Gasteiger partial charge is 0.371 e. The number of hydrogen-bond acceptors (Lipinski definition) is 5. The number of benzene rings is 2. The van der Waals surface area contributed by atoms with Crippen LogP contribution in [0.2, 0.25) is 0 Å². The highest BCUT2D eigenvalue weighted by Gasteiger charge is 2.27. The molecule has 2 amide bonds. The number of carbonyl (C=O) groups excluding carboxylic acids is 2. The van der Waals surface area contributed by atoms with Crippen molar-refractivity contribution in [2.75, 3.05) is 41.7 Å². The third-order valence-corrected chi connectivity index (χ3v) is 8.17. The van der Waals surface area contributed by atoms with Crippen LogP contribution in [0.25, 0.3) is 0 Å². The molecule has 8 nitrogen and oxygen atoms in total. The van der Waals surface area contributed by atoms with Gasteiger partial charge in [-0.25, -0.2) is 8.42 Å². The van der Waals surface area contributed by atoms with E-state index in [-0.39, 0.29) is 10.8 Å². The molecule has 9 heteroatoms. The van der Waals surface area contributed by atoms with Crippen molar-refractivity contribution in [2.45, 2.75) is 45.4 Å². The molecule has 0 bridgehead atoms. The Balaban J connectivity index is 1.99. The highest BCUT2D eigenvalue weighted by Crippen LogP contribution is 2.30. The summed E-state index contributed by atoms with van der Waals surface area (Å²) in [4.78, 5) is 27.1. The molecule has 184 valence electrons. The predicted molar refractivity (Wildman–Crippen MR) is 136 cm³/mol. The van der Waals surface area contributed by atoms with Gasteiger partial charge in [0, 0.05) is 50.2 Å². The van der Waals surface area contributed by atoms with Gasteiger partial charge in [-0.1, -0.05) is 26.8 Å². The second-order valence-corrected chi connectivity index (χ2v) is 10.6. The molecule has 0 aliphatic carbocycles. The molecule has 34 heavy (non-hydrogen) atoms. The van der Waals surface area contributed by atoms with E-state index < -0.39 is 15.9 Å². The molecule has 3 rings (SSSR count). The van der Waals surface area contributed by atoms with Gasteiger partial charge in [-0.2, -0.15) is 4.31 Å². The molecule has 0 saturated carbocycles. The molecule has 1 heterocycles. The molecule has 0 spiro atoms. The quantitative estimate of drug-likeness (QED) is 0.584. The van der Waals surface area contributed by atoms with Gasteiger partial charge < -0.3 is 15.5 Å². The van der Waals surface area contributed by atoms with Crippen LogP contribution in [0.1, 0.15) is 50.9 Å². The highest BCUT2D eigenvalue weighted by atomic mass is 32.2. The summed E-state index contributed by atoms with van der Waals surface area (Å²) in [6, 6.07) is 11.7. The molecule has 2 N–H and O–H groups in total. The summed E-state index contributed by atoms with van der Waals surface area (Å²) in [7, 11) is -3.72. The van der Waals surface area contributed by atoms with Crippen LogP contribution >= 0.6 is 0 Å². The number of rotatable bonds is 8. The van der Waals surface area contributed by atoms with E-state index in [4.69, 9.17) is 0 Å². The Hall–Kier alpha value is -2.91. The fraction of sp³-hybridized carbons (Fsp3) is 0.440. The number of piperidine rings is 1. The lowest BCUT2D eigenvalue weighted by atomic mass is 9.98. The molecule has 1 saturated heterocycles. The minimum Gasteiger partial charge on any atom is -0.371 e. The van der Waals surface area contributed by atoms with Crippen molar-refractivity contribution in [3.63, 3.8) is 0 Å². The van der Waals surface area contributed by atoms with Crippen molar-refractivity contribution in [3.8, 4) is 0 Å². The Morgan fingerprint density at radius 3 is 2.21 bits per heavy atom. The molecule has 2 aromatic rings. The zero-order valence-electron chi connectivity index (χ0n) is 20.3. The maximum atomic E-state index is 13.4. The minimum atomic E-state index is -3.72. The number of carbonyl (C=O) groups is 2. The monoisotopic (exact) mass is 486 g/mol. The van der Waals surface area contributed by atoms with Gasteiger partial charge in [0.25, 0.3) is 5.91 Å². The van der Waals surface area contributed by atoms with Gasteiger partial charge in [0.1, 0.15) is 0 Å². The van der Waals surface area contributed by atoms with Gasteiger partial charge in [-0.3, -0.25) is 9.59 Å². The fourth-order valence-electron chi connectivity index (χ4n) is 4.17. The molecule has 2 aromatic carbocycles. The molecular weight excluding hydrogens is 452 g/mol. The molecule has 0 atom stereocenters. The van der Waals surface area contributed by atoms with Crippen molar-refractivity contribution < 1.29 is 18.0 Å². The Morgan fingerprint density at radius 2 is 1.62 bits per heavy atom. The minimum absolute atomic E-state index is 0.0995. The lowest BCUT2D eigenvalue weighted by Gasteiger charge is -2.33. The second kappa shape index (κ2) is 11.0. The summed E-state index contributed by atoms with van der Waals surface area (Å²) in [5.41, 5.74) is 2.11. The van der Waals surface area contributed by atoms with E-state index in [9.17, 15) is 18.0 Å². The molecule has 1 aliphatic heterocycles. The van der Waals surface area contributed by atoms with E-state index >= 15 is 0 Å². The standard InChI is InChI=1S/C25H34N4O4S/c1-5-29(6-2)34(32,33)22-10-11-24(28-14-12-18(3)13-15-28)23(17-22)25(31)27-21-9-7-8-20(16-21)26-19(4)30/h7-11,16-18H,5-6,12-15H2,1-4H3,(H,26,30)(H,27,31). The van der Waals surface area contributed by atoms with Crippen molar-refractivity contribution in [1.82, 2.24) is 4.31 Å². The molecule has 0 aromatic heterocycles. The van der Waals surface area contributed by atoms with Crippen LogP contribution < -0.4 is 15.5 Å². The summed E-state index contributed by atoms with van der Waals surface area (Å²) in [6.07, 6.45) is 2.03. The Labute approximate surface area is 202 Å². The van der Waals surface area contributed by atoms with Crippen LogP contribution in [0.4, 0.5) is 17.1 Å². The van der Waals surface area contributed by atoms with E-state index in [1.807, 2.05) is 0 Å². The van der Waals surface area contributed by atoms with E-state index in [2.05, 4.69) is 22.5 Å². The third-order valence-electron chi connectivity index (χ3n) is 6.12. The van der Waals surface area contributed by atoms with Gasteiger partial charge >= 0.3 is 0 Å². The van der Waals surface area contributed by atoms with E-state index in [1.165, 1.54) is 17.3 Å². The van der Waals surface area contributed by atoms with E-state index in [0.29, 0.717) is 35.9 Å². The maximum Gasteiger partial charge on any atom is 0.257 e. The molecule has 1 aliphatic rings. The highest BCUT2D eigenvalue weighted by molar-refractivity contribution is 7.89. The number of nitrogens with zero attached hydrogens (tertiary/aromatic N) is 2. The van der Waals surface area contributed by atoms with Crippen molar-refractivity contribution in [3.05, 3.63) is 48.0 Å². The third kappa shape index (κ3) is 5.95. The summed E-state index contributed by atoms with van der Waals surface area (Å²) in [6.45, 7) is 9.53. The average molecular weight is 487 g/mol. The van der Waals surface area contributed by atoms with Crippen molar-refractivity contribution in [2.24, 2.45) is 5.92 Å². The fourth-order valence-corrected chi connectivity index (χ4v) is 5.66. The first kappa shape index (κ1) is 25.7. The first-order valence-electron chi connectivity index (χ1n) is 11.7. The zero-order valence-corrected chi connectivity index (χ0v) is 21.1. The summed E-state index contributed by atoms with van der Waals surface area (Å²) < 4.78 is 27.7. The Morgan fingerprint density at radius 1 is 1.00 bits per heavy atom. The van der Waals surface area contributed by atoms with Crippen LogP contribution in [0.15, 0.2) is 47.4 Å². The molecule has 0 radical (unpaired) electrons. The number of nitrogens with one attached hydrogen (secondary N) is 2. The first-order valence-corrected chi connectivity index (χ1v) is 13.2. The lowest BCUT2D eigenvalue weighted by Crippen LogP contribution is -2.35. The Kier molecular flexibility index (Phi) is 8.33. The smallest absolute Gasteiger partial charge is 0.257 e. The first-order chi connectivity index (χ1) is 16.1. The summed E-state index contributed by atoms with van der Waals surface area (Å²) in [5.74, 6) is 0.0111. The number of hydrogen-bond donors (Lipinski definition) is 2. The molecular formula is C25H34N4O4S. The number of amides is 2. The number of anilines is 3. The predicted octanol–water partition coefficient (Wildman–Crippen LogP) is 4.16. The molecule has 1 fully saturated rings. The Bertz CT molecular complexity index is 1140. The number of sulfonamides is 1. The van der Waals surface area contributed by atoms with Crippen molar-refractivity contribution >= 4 is 38.9 Å². The van der Waals surface area contributed by atoms with Gasteiger partial charge in [-0.05, 0) is 55.2 Å². The van der Waals surface area contributed by atoms with E-state index in [0.717, 1.165) is 31.6 Å². The normalized spacial score (nSPS) is 14.8. The van der Waals surface area contributed by atoms with Gasteiger partial charge in [-0.15, -0.1) is 0 Å². The van der Waals surface area contributed by atoms with Crippen LogP contribution in [-0.4, -0.2) is 50.7 Å². The lowest BCUT2D eigenvalue weighted by molar-refractivity contribution is -0.114. The molecule has 0 unspecified atom stereocenters. The van der Waals surface area contributed by atoms with Crippen LogP contribution in [-0.2, 0) is 14.8 Å². The SMILES string of the molecule is CCN(CC)S(=O)(=O)c1ccc(N2CCC(C)CC2)c(C(=O)Nc2cccc(NC(C)=O)c2)c1. The summed E-state index contributed by atoms with van der Waals surface area (Å²) >= 11 is 0. The summed E-state index contributed by atoms with van der Waals surface area (Å²) in [5, 5.41) is 5.57. The van der Waals surface area contributed by atoms with Gasteiger partial charge in [0.05, 0.1) is 10.5 Å². The maximum absolute atomic E-state index is 13.4. The average Bonchev–Trinajstić information content (AvgIpc) is 2.79. The van der Waals surface area contributed by atoms with Crippen LogP contribution in [0.5, 0.6) is 0 Å². The second-order valence-electron chi connectivity index (χ2n) is 8.65. The zero-order chi connectivity index (χ0) is 24.9. The van der Waals surface area contributed by atoms with Crippen LogP contribution in [0.3, 0.4) is 0 Å². The van der Waals surface area contributed by atoms with Gasteiger partial charge in [0.15, 0.2) is 0 Å². The topological polar surface area (TPSA) is 98.8 Å². The van der Waals surface area contributed by atoms with E-state index in [1.54, 1.807) is 50.2 Å². The van der Waals surface area contributed by atoms with Crippen molar-refractivity contribution in [1.29, 1.82) is 0 Å².